The number of anilines is 1. The molecule has 0 aliphatic carbocycles. The first kappa shape index (κ1) is 25.2. The van der Waals surface area contributed by atoms with Crippen LogP contribution in [0, 0.1) is 5.82 Å². The molecule has 0 radical (unpaired) electrons. The fourth-order valence-corrected chi connectivity index (χ4v) is 6.07. The van der Waals surface area contributed by atoms with Gasteiger partial charge in [-0.2, -0.15) is 0 Å². The molecule has 2 heterocycles. The zero-order chi connectivity index (χ0) is 25.7. The molecule has 0 saturated carbocycles. The van der Waals surface area contributed by atoms with E-state index in [1.807, 2.05) is 0 Å². The molecule has 8 nitrogen and oxygen atoms in total. The number of sulfone groups is 1. The van der Waals surface area contributed by atoms with Gasteiger partial charge in [-0.3, -0.25) is 18.3 Å². The lowest BCUT2D eigenvalue weighted by Gasteiger charge is -2.27. The van der Waals surface area contributed by atoms with Crippen molar-refractivity contribution >= 4 is 44.1 Å². The summed E-state index contributed by atoms with van der Waals surface area (Å²) >= 11 is 3.56. The molecule has 2 aromatic carbocycles. The highest BCUT2D eigenvalue weighted by Gasteiger charge is 2.27. The van der Waals surface area contributed by atoms with E-state index in [0.717, 1.165) is 6.26 Å². The standard InChI is InChI=1S/C23H21ClFN3O5S2/c1-13-16-10-22(29)27(2)11-19(16)17-9-21(28(34(30)31)12-35(3,32)33)20(24)8-18(17)23(26-13)14-4-6-15(25)7-5-14/h4-11,13H,12H2,1-3H3,(H,30,31)/p-1/t13-/m0/s1. The van der Waals surface area contributed by atoms with Crippen molar-refractivity contribution in [2.75, 3.05) is 16.4 Å². The Labute approximate surface area is 209 Å². The summed E-state index contributed by atoms with van der Waals surface area (Å²) in [6.45, 7) is 1.80. The van der Waals surface area contributed by atoms with E-state index in [2.05, 4.69) is 0 Å². The van der Waals surface area contributed by atoms with Crippen molar-refractivity contribution in [3.63, 3.8) is 0 Å². The van der Waals surface area contributed by atoms with E-state index in [-0.39, 0.29) is 16.3 Å². The van der Waals surface area contributed by atoms with E-state index in [0.29, 0.717) is 37.8 Å². The second-order valence-corrected chi connectivity index (χ2v) is 11.6. The van der Waals surface area contributed by atoms with Crippen molar-refractivity contribution < 1.29 is 21.6 Å². The number of aliphatic imine (C=N–C) groups is 1. The van der Waals surface area contributed by atoms with Crippen LogP contribution in [0.2, 0.25) is 5.02 Å². The fourth-order valence-electron chi connectivity index (χ4n) is 3.96. The number of pyridine rings is 1. The Kier molecular flexibility index (Phi) is 6.71. The number of hydrogen-bond acceptors (Lipinski definition) is 6. The zero-order valence-corrected chi connectivity index (χ0v) is 21.2. The van der Waals surface area contributed by atoms with Crippen molar-refractivity contribution in [2.24, 2.45) is 12.0 Å². The SMILES string of the molecule is C[C@@H]1N=C(c2ccc(F)cc2)c2cc(Cl)c(N(CS(C)(=O)=O)S(=O)[O-])cc2-c2cn(C)c(=O)cc21. The summed E-state index contributed by atoms with van der Waals surface area (Å²) in [5.41, 5.74) is 2.95. The van der Waals surface area contributed by atoms with Crippen LogP contribution in [0.3, 0.4) is 0 Å². The van der Waals surface area contributed by atoms with Gasteiger partial charge in [0.05, 0.1) is 22.5 Å². The number of aromatic nitrogens is 1. The van der Waals surface area contributed by atoms with Crippen molar-refractivity contribution in [2.45, 2.75) is 13.0 Å². The molecule has 0 amide bonds. The molecule has 0 spiro atoms. The largest absolute Gasteiger partial charge is 0.755 e. The van der Waals surface area contributed by atoms with Gasteiger partial charge < -0.3 is 9.12 Å². The molecular weight excluding hydrogens is 517 g/mol. The van der Waals surface area contributed by atoms with Crippen molar-refractivity contribution in [1.82, 2.24) is 4.57 Å². The predicted molar refractivity (Wildman–Crippen MR) is 134 cm³/mol. The average Bonchev–Trinajstić information content (AvgIpc) is 2.87. The van der Waals surface area contributed by atoms with E-state index in [1.54, 1.807) is 32.3 Å². The minimum Gasteiger partial charge on any atom is -0.755 e. The van der Waals surface area contributed by atoms with E-state index in [4.69, 9.17) is 16.6 Å². The smallest absolute Gasteiger partial charge is 0.250 e. The summed E-state index contributed by atoms with van der Waals surface area (Å²) in [7, 11) is -2.15. The third-order valence-electron chi connectivity index (χ3n) is 5.58. The second kappa shape index (κ2) is 9.30. The number of halogens is 2. The number of rotatable bonds is 5. The van der Waals surface area contributed by atoms with Crippen LogP contribution in [-0.2, 0) is 28.2 Å². The molecule has 2 atom stereocenters. The van der Waals surface area contributed by atoms with Gasteiger partial charge in [0.1, 0.15) is 11.7 Å². The van der Waals surface area contributed by atoms with Gasteiger partial charge in [-0.1, -0.05) is 11.6 Å². The molecular formula is C23H20ClFN3O5S2-. The Morgan fingerprint density at radius 3 is 2.43 bits per heavy atom. The summed E-state index contributed by atoms with van der Waals surface area (Å²) in [4.78, 5) is 17.2. The molecule has 0 N–H and O–H groups in total. The summed E-state index contributed by atoms with van der Waals surface area (Å²) in [5.74, 6) is -1.23. The second-order valence-electron chi connectivity index (χ2n) is 8.25. The minimum atomic E-state index is -3.73. The van der Waals surface area contributed by atoms with Crippen LogP contribution in [0.1, 0.15) is 29.7 Å². The normalized spacial score (nSPS) is 16.1. The number of aryl methyl sites for hydroxylation is 1. The molecule has 1 aromatic heterocycles. The molecule has 1 aliphatic rings. The minimum absolute atomic E-state index is 0.0210. The maximum atomic E-state index is 13.6. The molecule has 12 heteroatoms. The first-order valence-electron chi connectivity index (χ1n) is 10.3. The van der Waals surface area contributed by atoms with Gasteiger partial charge in [-0.25, -0.2) is 12.8 Å². The van der Waals surface area contributed by atoms with Crippen molar-refractivity contribution in [3.8, 4) is 11.1 Å². The highest BCUT2D eigenvalue weighted by atomic mass is 35.5. The Bertz CT molecular complexity index is 1550. The summed E-state index contributed by atoms with van der Waals surface area (Å²) in [6, 6.07) is 9.65. The predicted octanol–water partition coefficient (Wildman–Crippen LogP) is 3.36. The van der Waals surface area contributed by atoms with Gasteiger partial charge >= 0.3 is 0 Å². The molecule has 184 valence electrons. The molecule has 35 heavy (non-hydrogen) atoms. The Morgan fingerprint density at radius 1 is 1.17 bits per heavy atom. The van der Waals surface area contributed by atoms with E-state index in [1.165, 1.54) is 34.9 Å². The first-order chi connectivity index (χ1) is 16.4. The van der Waals surface area contributed by atoms with Crippen LogP contribution in [-0.4, -0.2) is 39.6 Å². The van der Waals surface area contributed by atoms with Gasteiger partial charge in [0, 0.05) is 53.5 Å². The van der Waals surface area contributed by atoms with Crippen molar-refractivity contribution in [3.05, 3.63) is 86.5 Å². The fraction of sp³-hybridized carbons (Fsp3) is 0.217. The molecule has 0 bridgehead atoms. The Morgan fingerprint density at radius 2 is 1.83 bits per heavy atom. The lowest BCUT2D eigenvalue weighted by atomic mass is 9.92. The van der Waals surface area contributed by atoms with Gasteiger partial charge in [0.25, 0.3) is 5.56 Å². The van der Waals surface area contributed by atoms with Gasteiger partial charge in [0.2, 0.25) is 0 Å². The molecule has 0 fully saturated rings. The average molecular weight is 537 g/mol. The van der Waals surface area contributed by atoms with Gasteiger partial charge in [-0.15, -0.1) is 0 Å². The lowest BCUT2D eigenvalue weighted by molar-refractivity contribution is 0.533. The molecule has 1 aliphatic heterocycles. The lowest BCUT2D eigenvalue weighted by Crippen LogP contribution is -2.31. The number of hydrogen-bond donors (Lipinski definition) is 0. The van der Waals surface area contributed by atoms with Crippen LogP contribution >= 0.6 is 11.6 Å². The maximum Gasteiger partial charge on any atom is 0.250 e. The number of fused-ring (bicyclic) bond motifs is 3. The quantitative estimate of drug-likeness (QED) is 0.464. The van der Waals surface area contributed by atoms with Crippen LogP contribution in [0.4, 0.5) is 10.1 Å². The number of nitrogens with zero attached hydrogens (tertiary/aromatic N) is 3. The number of benzene rings is 2. The monoisotopic (exact) mass is 536 g/mol. The Balaban J connectivity index is 2.06. The van der Waals surface area contributed by atoms with Crippen molar-refractivity contribution in [1.29, 1.82) is 0 Å². The van der Waals surface area contributed by atoms with Crippen LogP contribution in [0.25, 0.3) is 11.1 Å². The highest BCUT2D eigenvalue weighted by Crippen LogP contribution is 2.41. The topological polar surface area (TPSA) is 112 Å². The van der Waals surface area contributed by atoms with E-state index < -0.39 is 38.8 Å². The van der Waals surface area contributed by atoms with Gasteiger partial charge in [-0.05, 0) is 54.4 Å². The third kappa shape index (κ3) is 5.08. The first-order valence-corrected chi connectivity index (χ1v) is 13.8. The molecule has 4 rings (SSSR count). The van der Waals surface area contributed by atoms with Crippen LogP contribution in [0.5, 0.6) is 0 Å². The molecule has 1 unspecified atom stereocenters. The zero-order valence-electron chi connectivity index (χ0n) is 18.9. The summed E-state index contributed by atoms with van der Waals surface area (Å²) < 4.78 is 63.4. The van der Waals surface area contributed by atoms with Crippen LogP contribution < -0.4 is 9.86 Å². The Hall–Kier alpha value is -2.86. The molecule has 3 aromatic rings. The summed E-state index contributed by atoms with van der Waals surface area (Å²) in [6.07, 6.45) is 2.53. The van der Waals surface area contributed by atoms with Crippen LogP contribution in [0.15, 0.2) is 58.4 Å². The van der Waals surface area contributed by atoms with Gasteiger partial charge in [0.15, 0.2) is 9.84 Å². The maximum absolute atomic E-state index is 13.6. The highest BCUT2D eigenvalue weighted by molar-refractivity contribution is 7.92. The van der Waals surface area contributed by atoms with E-state index in [9.17, 15) is 26.4 Å². The molecule has 0 saturated heterocycles. The summed E-state index contributed by atoms with van der Waals surface area (Å²) in [5, 5.41) is -0.0210. The third-order valence-corrected chi connectivity index (χ3v) is 7.46. The van der Waals surface area contributed by atoms with E-state index >= 15 is 0 Å².